The summed E-state index contributed by atoms with van der Waals surface area (Å²) in [6.07, 6.45) is 4.80. The van der Waals surface area contributed by atoms with Gasteiger partial charge < -0.3 is 0 Å². The maximum Gasteiger partial charge on any atom is 0.242 e. The number of nitrogens with zero attached hydrogens (tertiary/aromatic N) is 1. The van der Waals surface area contributed by atoms with Crippen molar-refractivity contribution in [1.29, 1.82) is 0 Å². The van der Waals surface area contributed by atoms with Crippen LogP contribution in [0.2, 0.25) is 0 Å². The summed E-state index contributed by atoms with van der Waals surface area (Å²) >= 11 is 0. The van der Waals surface area contributed by atoms with Crippen LogP contribution in [0.3, 0.4) is 0 Å². The number of sulfonamides is 1. The second kappa shape index (κ2) is 5.19. The zero-order valence-corrected chi connectivity index (χ0v) is 11.0. The first kappa shape index (κ1) is 12.6. The van der Waals surface area contributed by atoms with E-state index in [-0.39, 0.29) is 0 Å². The predicted octanol–water partition coefficient (Wildman–Crippen LogP) is 2.50. The van der Waals surface area contributed by atoms with Crippen LogP contribution in [0.5, 0.6) is 0 Å². The van der Waals surface area contributed by atoms with Crippen LogP contribution in [0.4, 0.5) is 0 Å². The molecule has 0 spiro atoms. The maximum absolute atomic E-state index is 12.2. The van der Waals surface area contributed by atoms with Crippen molar-refractivity contribution < 1.29 is 8.42 Å². The predicted molar refractivity (Wildman–Crippen MR) is 68.2 cm³/mol. The molecule has 1 aliphatic rings. The molecule has 0 heterocycles. The maximum atomic E-state index is 12.2. The van der Waals surface area contributed by atoms with Crippen molar-refractivity contribution >= 4 is 10.0 Å². The molecule has 0 radical (unpaired) electrons. The van der Waals surface area contributed by atoms with E-state index in [0.29, 0.717) is 17.4 Å². The minimum absolute atomic E-state index is 0.389. The summed E-state index contributed by atoms with van der Waals surface area (Å²) in [4.78, 5) is 0.389. The Morgan fingerprint density at radius 2 is 1.76 bits per heavy atom. The van der Waals surface area contributed by atoms with Crippen molar-refractivity contribution in [3.8, 4) is 0 Å². The van der Waals surface area contributed by atoms with E-state index >= 15 is 0 Å². The highest BCUT2D eigenvalue weighted by molar-refractivity contribution is 7.89. The fourth-order valence-electron chi connectivity index (χ4n) is 2.43. The van der Waals surface area contributed by atoms with Gasteiger partial charge in [0.25, 0.3) is 0 Å². The van der Waals surface area contributed by atoms with E-state index in [1.807, 2.05) is 6.07 Å². The first-order valence-corrected chi connectivity index (χ1v) is 7.56. The van der Waals surface area contributed by atoms with Gasteiger partial charge in [0.1, 0.15) is 0 Å². The summed E-state index contributed by atoms with van der Waals surface area (Å²) < 4.78 is 26.0. The molecule has 0 aliphatic heterocycles. The average Bonchev–Trinajstić information content (AvgIpc) is 2.83. The lowest BCUT2D eigenvalue weighted by molar-refractivity contribution is 0.387. The molecule has 2 rings (SSSR count). The lowest BCUT2D eigenvalue weighted by Gasteiger charge is -2.20. The van der Waals surface area contributed by atoms with Crippen LogP contribution in [-0.2, 0) is 10.0 Å². The number of hydrogen-bond acceptors (Lipinski definition) is 2. The highest BCUT2D eigenvalue weighted by Gasteiger charge is 2.25. The van der Waals surface area contributed by atoms with Gasteiger partial charge in [0.05, 0.1) is 4.90 Å². The molecule has 0 atom stereocenters. The first-order chi connectivity index (χ1) is 8.10. The minimum Gasteiger partial charge on any atom is -0.207 e. The van der Waals surface area contributed by atoms with Crippen molar-refractivity contribution in [3.63, 3.8) is 0 Å². The molecule has 1 aromatic carbocycles. The first-order valence-electron chi connectivity index (χ1n) is 6.12. The number of hydrogen-bond donors (Lipinski definition) is 0. The van der Waals surface area contributed by atoms with E-state index in [1.165, 1.54) is 17.1 Å². The lowest BCUT2D eigenvalue weighted by atomic mass is 10.1. The van der Waals surface area contributed by atoms with Gasteiger partial charge in [-0.15, -0.1) is 0 Å². The average molecular weight is 253 g/mol. The Kier molecular flexibility index (Phi) is 3.84. The van der Waals surface area contributed by atoms with Gasteiger partial charge in [-0.3, -0.25) is 0 Å². The second-order valence-electron chi connectivity index (χ2n) is 4.75. The molecule has 17 heavy (non-hydrogen) atoms. The van der Waals surface area contributed by atoms with Crippen molar-refractivity contribution in [1.82, 2.24) is 4.31 Å². The molecular weight excluding hydrogens is 234 g/mol. The molecule has 4 heteroatoms. The van der Waals surface area contributed by atoms with Gasteiger partial charge in [-0.1, -0.05) is 31.0 Å². The summed E-state index contributed by atoms with van der Waals surface area (Å²) in [6, 6.07) is 8.66. The molecule has 0 N–H and O–H groups in total. The number of rotatable bonds is 4. The fourth-order valence-corrected chi connectivity index (χ4v) is 3.70. The monoisotopic (exact) mass is 253 g/mol. The summed E-state index contributed by atoms with van der Waals surface area (Å²) in [5, 5.41) is 0. The molecule has 1 fully saturated rings. The van der Waals surface area contributed by atoms with Gasteiger partial charge >= 0.3 is 0 Å². The van der Waals surface area contributed by atoms with Gasteiger partial charge in [-0.05, 0) is 30.9 Å². The highest BCUT2D eigenvalue weighted by atomic mass is 32.2. The molecule has 1 aromatic rings. The molecule has 0 saturated heterocycles. The van der Waals surface area contributed by atoms with E-state index in [0.717, 1.165) is 12.8 Å². The molecule has 0 bridgehead atoms. The summed E-state index contributed by atoms with van der Waals surface area (Å²) in [7, 11) is -1.61. The zero-order chi connectivity index (χ0) is 12.3. The Morgan fingerprint density at radius 1 is 1.18 bits per heavy atom. The Hall–Kier alpha value is -0.870. The molecule has 0 amide bonds. The molecule has 0 aromatic heterocycles. The smallest absolute Gasteiger partial charge is 0.207 e. The summed E-state index contributed by atoms with van der Waals surface area (Å²) in [5.41, 5.74) is 0. The molecule has 94 valence electrons. The Labute approximate surface area is 104 Å². The van der Waals surface area contributed by atoms with Crippen molar-refractivity contribution in [2.75, 3.05) is 13.6 Å². The van der Waals surface area contributed by atoms with Crippen LogP contribution in [0, 0.1) is 5.92 Å². The van der Waals surface area contributed by atoms with Gasteiger partial charge in [0.2, 0.25) is 10.0 Å². The van der Waals surface area contributed by atoms with Gasteiger partial charge in [0.15, 0.2) is 0 Å². The number of benzene rings is 1. The summed E-state index contributed by atoms with van der Waals surface area (Å²) in [5.74, 6) is 0.540. The van der Waals surface area contributed by atoms with E-state index in [1.54, 1.807) is 31.3 Å². The lowest BCUT2D eigenvalue weighted by Crippen LogP contribution is -2.31. The largest absolute Gasteiger partial charge is 0.242 e. The summed E-state index contributed by atoms with van der Waals surface area (Å²) in [6.45, 7) is 0.650. The molecule has 1 aliphatic carbocycles. The normalized spacial score (nSPS) is 17.8. The van der Waals surface area contributed by atoms with Crippen LogP contribution < -0.4 is 0 Å². The van der Waals surface area contributed by atoms with Crippen LogP contribution in [0.1, 0.15) is 25.7 Å². The molecule has 3 nitrogen and oxygen atoms in total. The molecular formula is C13H19NO2S. The Balaban J connectivity index is 2.09. The van der Waals surface area contributed by atoms with Gasteiger partial charge in [0, 0.05) is 13.6 Å². The van der Waals surface area contributed by atoms with E-state index < -0.39 is 10.0 Å². The molecule has 0 unspecified atom stereocenters. The van der Waals surface area contributed by atoms with Gasteiger partial charge in [-0.25, -0.2) is 12.7 Å². The third kappa shape index (κ3) is 2.87. The quantitative estimate of drug-likeness (QED) is 0.826. The zero-order valence-electron chi connectivity index (χ0n) is 10.2. The van der Waals surface area contributed by atoms with Crippen LogP contribution in [0.15, 0.2) is 35.2 Å². The SMILES string of the molecule is CN(CC1CCCC1)S(=O)(=O)c1ccccc1. The molecule has 1 saturated carbocycles. The highest BCUT2D eigenvalue weighted by Crippen LogP contribution is 2.26. The van der Waals surface area contributed by atoms with Gasteiger partial charge in [-0.2, -0.15) is 0 Å². The fraction of sp³-hybridized carbons (Fsp3) is 0.538. The second-order valence-corrected chi connectivity index (χ2v) is 6.79. The van der Waals surface area contributed by atoms with E-state index in [9.17, 15) is 8.42 Å². The van der Waals surface area contributed by atoms with Crippen LogP contribution in [0.25, 0.3) is 0 Å². The topological polar surface area (TPSA) is 37.4 Å². The minimum atomic E-state index is -3.29. The third-order valence-corrected chi connectivity index (χ3v) is 5.28. The van der Waals surface area contributed by atoms with Crippen molar-refractivity contribution in [2.45, 2.75) is 30.6 Å². The van der Waals surface area contributed by atoms with Crippen molar-refractivity contribution in [2.24, 2.45) is 5.92 Å². The van der Waals surface area contributed by atoms with Crippen molar-refractivity contribution in [3.05, 3.63) is 30.3 Å². The van der Waals surface area contributed by atoms with Crippen LogP contribution in [-0.4, -0.2) is 26.3 Å². The van der Waals surface area contributed by atoms with E-state index in [2.05, 4.69) is 0 Å². The van der Waals surface area contributed by atoms with Crippen LogP contribution >= 0.6 is 0 Å². The third-order valence-electron chi connectivity index (χ3n) is 3.44. The Bertz CT molecular complexity index is 450. The standard InChI is InChI=1S/C13H19NO2S/c1-14(11-12-7-5-6-8-12)17(15,16)13-9-3-2-4-10-13/h2-4,9-10,12H,5-8,11H2,1H3. The van der Waals surface area contributed by atoms with E-state index in [4.69, 9.17) is 0 Å². The Morgan fingerprint density at radius 3 is 2.35 bits per heavy atom.